The van der Waals surface area contributed by atoms with E-state index in [0.717, 1.165) is 44.1 Å². The predicted molar refractivity (Wildman–Crippen MR) is 121 cm³/mol. The zero-order valence-corrected chi connectivity index (χ0v) is 18.3. The molecule has 170 valence electrons. The smallest absolute Gasteiger partial charge is 0.426 e. The quantitative estimate of drug-likeness (QED) is 0.161. The molecule has 0 unspecified atom stereocenters. The lowest BCUT2D eigenvalue weighted by Gasteiger charge is -2.53. The van der Waals surface area contributed by atoms with Gasteiger partial charge in [-0.1, -0.05) is 24.3 Å². The molecule has 2 bridgehead atoms. The number of nitrogens with one attached hydrogen (secondary N) is 1. The van der Waals surface area contributed by atoms with Gasteiger partial charge in [-0.05, 0) is 67.9 Å². The molecule has 0 spiro atoms. The predicted octanol–water partition coefficient (Wildman–Crippen LogP) is 0.770. The SMILES string of the molecule is COC12CCC(c3ccc(CC(=O)N[C@@H](CCCN=C(N)N)B(O)O)cc3)(CC1)CC2. The molecule has 0 aliphatic heterocycles. The van der Waals surface area contributed by atoms with Gasteiger partial charge in [0.05, 0.1) is 18.0 Å². The highest BCUT2D eigenvalue weighted by Gasteiger charge is 2.49. The summed E-state index contributed by atoms with van der Waals surface area (Å²) in [5, 5.41) is 21.8. The van der Waals surface area contributed by atoms with Crippen LogP contribution >= 0.6 is 0 Å². The number of nitrogens with zero attached hydrogens (tertiary/aromatic N) is 1. The van der Waals surface area contributed by atoms with Crippen LogP contribution in [-0.4, -0.2) is 54.2 Å². The van der Waals surface area contributed by atoms with E-state index >= 15 is 0 Å². The number of rotatable bonds is 10. The van der Waals surface area contributed by atoms with Crippen LogP contribution in [0.5, 0.6) is 0 Å². The molecule has 3 aliphatic rings. The van der Waals surface area contributed by atoms with E-state index in [1.54, 1.807) is 0 Å². The van der Waals surface area contributed by atoms with Crippen molar-refractivity contribution in [2.75, 3.05) is 13.7 Å². The van der Waals surface area contributed by atoms with Gasteiger partial charge in [0.15, 0.2) is 5.96 Å². The van der Waals surface area contributed by atoms with E-state index in [1.165, 1.54) is 5.56 Å². The standard InChI is InChI=1S/C22H35BN4O4/c1-31-22-11-8-21(9-12-22,10-13-22)17-6-4-16(5-7-17)15-19(28)27-18(23(29)30)3-2-14-26-20(24)25/h4-7,18,29-30H,2-3,8-15H2,1H3,(H,27,28)(H4,24,25,26)/t18-,21?,22?/m0/s1. The van der Waals surface area contributed by atoms with Crippen molar-refractivity contribution in [3.8, 4) is 0 Å². The van der Waals surface area contributed by atoms with E-state index < -0.39 is 13.1 Å². The van der Waals surface area contributed by atoms with Crippen LogP contribution in [0.1, 0.15) is 62.5 Å². The number of amides is 1. The van der Waals surface area contributed by atoms with E-state index in [4.69, 9.17) is 16.2 Å². The van der Waals surface area contributed by atoms with Gasteiger partial charge in [0.2, 0.25) is 5.91 Å². The molecule has 8 nitrogen and oxygen atoms in total. The molecule has 1 amide bonds. The minimum absolute atomic E-state index is 0.00686. The van der Waals surface area contributed by atoms with Gasteiger partial charge < -0.3 is 31.6 Å². The van der Waals surface area contributed by atoms with E-state index in [-0.39, 0.29) is 29.3 Å². The molecule has 1 aromatic rings. The minimum Gasteiger partial charge on any atom is -0.426 e. The fraction of sp³-hybridized carbons (Fsp3) is 0.636. The molecule has 3 fully saturated rings. The maximum atomic E-state index is 12.4. The van der Waals surface area contributed by atoms with Crippen molar-refractivity contribution in [3.63, 3.8) is 0 Å². The van der Waals surface area contributed by atoms with E-state index in [1.807, 2.05) is 19.2 Å². The molecular formula is C22H35BN4O4. The molecule has 7 N–H and O–H groups in total. The molecule has 4 rings (SSSR count). The Kier molecular flexibility index (Phi) is 7.62. The van der Waals surface area contributed by atoms with Gasteiger partial charge in [-0.3, -0.25) is 9.79 Å². The van der Waals surface area contributed by atoms with Gasteiger partial charge >= 0.3 is 7.12 Å². The van der Waals surface area contributed by atoms with Crippen LogP contribution in [0.25, 0.3) is 0 Å². The molecule has 0 aromatic heterocycles. The summed E-state index contributed by atoms with van der Waals surface area (Å²) in [6.07, 6.45) is 7.87. The maximum absolute atomic E-state index is 12.4. The zero-order chi connectivity index (χ0) is 22.5. The van der Waals surface area contributed by atoms with Gasteiger partial charge in [0.25, 0.3) is 0 Å². The van der Waals surface area contributed by atoms with E-state index in [0.29, 0.717) is 19.4 Å². The fourth-order valence-electron chi connectivity index (χ4n) is 5.12. The first kappa shape index (κ1) is 23.6. The average molecular weight is 430 g/mol. The summed E-state index contributed by atoms with van der Waals surface area (Å²) < 4.78 is 5.80. The number of benzene rings is 1. The second-order valence-electron chi connectivity index (χ2n) is 9.08. The third-order valence-corrected chi connectivity index (χ3v) is 7.22. The lowest BCUT2D eigenvalue weighted by molar-refractivity contribution is -0.120. The minimum atomic E-state index is -1.64. The highest BCUT2D eigenvalue weighted by atomic mass is 16.5. The van der Waals surface area contributed by atoms with Crippen LogP contribution in [0.3, 0.4) is 0 Å². The molecule has 0 heterocycles. The Morgan fingerprint density at radius 1 is 1.16 bits per heavy atom. The topological polar surface area (TPSA) is 143 Å². The monoisotopic (exact) mass is 430 g/mol. The number of guanidine groups is 1. The Morgan fingerprint density at radius 2 is 1.77 bits per heavy atom. The molecular weight excluding hydrogens is 395 g/mol. The van der Waals surface area contributed by atoms with Crippen molar-refractivity contribution in [1.29, 1.82) is 0 Å². The molecule has 9 heteroatoms. The molecule has 0 saturated heterocycles. The van der Waals surface area contributed by atoms with Crippen LogP contribution < -0.4 is 16.8 Å². The van der Waals surface area contributed by atoms with Gasteiger partial charge in [-0.2, -0.15) is 0 Å². The summed E-state index contributed by atoms with van der Waals surface area (Å²) in [6, 6.07) is 8.34. The van der Waals surface area contributed by atoms with Crippen molar-refractivity contribution in [2.45, 2.75) is 74.7 Å². The summed E-state index contributed by atoms with van der Waals surface area (Å²) in [7, 11) is 0.198. The number of nitrogens with two attached hydrogens (primary N) is 2. The maximum Gasteiger partial charge on any atom is 0.475 e. The summed E-state index contributed by atoms with van der Waals surface area (Å²) in [6.45, 7) is 0.371. The van der Waals surface area contributed by atoms with Crippen molar-refractivity contribution < 1.29 is 19.6 Å². The van der Waals surface area contributed by atoms with Gasteiger partial charge in [-0.15, -0.1) is 0 Å². The van der Waals surface area contributed by atoms with Gasteiger partial charge in [0.1, 0.15) is 0 Å². The van der Waals surface area contributed by atoms with Crippen molar-refractivity contribution in [3.05, 3.63) is 35.4 Å². The Hall–Kier alpha value is -2.10. The largest absolute Gasteiger partial charge is 0.475 e. The number of aliphatic imine (C=N–C) groups is 1. The van der Waals surface area contributed by atoms with Gasteiger partial charge in [0, 0.05) is 13.7 Å². The molecule has 0 radical (unpaired) electrons. The first-order chi connectivity index (χ1) is 14.8. The van der Waals surface area contributed by atoms with E-state index in [9.17, 15) is 14.8 Å². The summed E-state index contributed by atoms with van der Waals surface area (Å²) in [4.78, 5) is 16.3. The average Bonchev–Trinajstić information content (AvgIpc) is 2.77. The second kappa shape index (κ2) is 10.0. The molecule has 1 atom stereocenters. The summed E-state index contributed by atoms with van der Waals surface area (Å²) >= 11 is 0. The highest BCUT2D eigenvalue weighted by Crippen LogP contribution is 2.54. The van der Waals surface area contributed by atoms with Crippen LogP contribution in [0.2, 0.25) is 0 Å². The van der Waals surface area contributed by atoms with Crippen molar-refractivity contribution >= 4 is 19.0 Å². The zero-order valence-electron chi connectivity index (χ0n) is 18.3. The van der Waals surface area contributed by atoms with Crippen LogP contribution in [0.4, 0.5) is 0 Å². The summed E-state index contributed by atoms with van der Waals surface area (Å²) in [5.41, 5.74) is 13.1. The number of methoxy groups -OCH3 is 1. The van der Waals surface area contributed by atoms with Crippen LogP contribution in [0, 0.1) is 0 Å². The first-order valence-electron chi connectivity index (χ1n) is 11.1. The van der Waals surface area contributed by atoms with Crippen molar-refractivity contribution in [2.24, 2.45) is 16.5 Å². The number of hydrogen-bond acceptors (Lipinski definition) is 5. The van der Waals surface area contributed by atoms with Crippen molar-refractivity contribution in [1.82, 2.24) is 5.32 Å². The third kappa shape index (κ3) is 5.78. The normalized spacial score (nSPS) is 25.6. The molecule has 1 aromatic carbocycles. The Morgan fingerprint density at radius 3 is 2.29 bits per heavy atom. The summed E-state index contributed by atoms with van der Waals surface area (Å²) in [5.74, 6) is -1.01. The number of carbonyl (C=O) groups is 1. The lowest BCUT2D eigenvalue weighted by atomic mass is 9.56. The molecule has 3 saturated carbocycles. The number of carbonyl (C=O) groups excluding carboxylic acids is 1. The third-order valence-electron chi connectivity index (χ3n) is 7.22. The number of fused-ring (bicyclic) bond motifs is 3. The van der Waals surface area contributed by atoms with E-state index in [2.05, 4.69) is 22.4 Å². The number of ether oxygens (including phenoxy) is 1. The molecule has 3 aliphatic carbocycles. The van der Waals surface area contributed by atoms with Crippen LogP contribution in [-0.2, 0) is 21.4 Å². The second-order valence-corrected chi connectivity index (χ2v) is 9.08. The first-order valence-corrected chi connectivity index (χ1v) is 11.1. The molecule has 31 heavy (non-hydrogen) atoms. The fourth-order valence-corrected chi connectivity index (χ4v) is 5.12. The number of hydrogen-bond donors (Lipinski definition) is 5. The van der Waals surface area contributed by atoms with Gasteiger partial charge in [-0.25, -0.2) is 0 Å². The Bertz CT molecular complexity index is 756. The Balaban J connectivity index is 1.53. The highest BCUT2D eigenvalue weighted by molar-refractivity contribution is 6.43. The Labute approximate surface area is 184 Å². The van der Waals surface area contributed by atoms with Crippen LogP contribution in [0.15, 0.2) is 29.3 Å². The lowest BCUT2D eigenvalue weighted by Crippen LogP contribution is -2.49.